The number of ether oxygens (including phenoxy) is 3. The largest absolute Gasteiger partial charge is 0.497 e. The topological polar surface area (TPSA) is 184 Å². The van der Waals surface area contributed by atoms with E-state index >= 15 is 0 Å². The van der Waals surface area contributed by atoms with E-state index in [-0.39, 0.29) is 24.7 Å². The summed E-state index contributed by atoms with van der Waals surface area (Å²) in [6.45, 7) is 8.98. The molecule has 0 fully saturated rings. The molecule has 4 aromatic carbocycles. The Kier molecular flexibility index (Phi) is 14.9. The monoisotopic (exact) mass is 929 g/mol. The minimum absolute atomic E-state index is 0.0891. The number of rotatable bonds is 19. The summed E-state index contributed by atoms with van der Waals surface area (Å²) in [6.07, 6.45) is 0.232. The van der Waals surface area contributed by atoms with E-state index < -0.39 is 12.1 Å². The summed E-state index contributed by atoms with van der Waals surface area (Å²) in [7, 11) is 3.27. The van der Waals surface area contributed by atoms with Crippen LogP contribution in [-0.2, 0) is 14.3 Å². The number of aryl methyl sites for hydroxylation is 2. The zero-order chi connectivity index (χ0) is 46.2. The molecule has 0 radical (unpaired) electrons. The molecule has 16 nitrogen and oxygen atoms in total. The van der Waals surface area contributed by atoms with Crippen molar-refractivity contribution in [2.45, 2.75) is 50.6 Å². The number of halogens is 1. The van der Waals surface area contributed by atoms with Gasteiger partial charge in [0.2, 0.25) is 11.8 Å². The first kappa shape index (κ1) is 46.1. The van der Waals surface area contributed by atoms with Crippen molar-refractivity contribution in [3.05, 3.63) is 136 Å². The zero-order valence-corrected chi connectivity index (χ0v) is 39.1. The fraction of sp³-hybridized carbons (Fsp3) is 0.333. The molecule has 66 heavy (non-hydrogen) atoms. The van der Waals surface area contributed by atoms with Gasteiger partial charge in [-0.05, 0) is 81.4 Å². The zero-order valence-electron chi connectivity index (χ0n) is 37.5. The van der Waals surface area contributed by atoms with E-state index in [0.717, 1.165) is 50.0 Å². The van der Waals surface area contributed by atoms with Gasteiger partial charge in [-0.1, -0.05) is 35.9 Å². The Hall–Kier alpha value is -6.40. The average Bonchev–Trinajstić information content (AvgIpc) is 3.83. The van der Waals surface area contributed by atoms with E-state index in [4.69, 9.17) is 35.8 Å². The molecule has 0 bridgehead atoms. The van der Waals surface area contributed by atoms with Crippen molar-refractivity contribution in [3.63, 3.8) is 0 Å². The lowest BCUT2D eigenvalue weighted by Gasteiger charge is -2.14. The third-order valence-electron chi connectivity index (χ3n) is 11.2. The summed E-state index contributed by atoms with van der Waals surface area (Å²) in [6, 6.07) is 26.3. The Morgan fingerprint density at radius 2 is 1.20 bits per heavy atom. The van der Waals surface area contributed by atoms with Crippen LogP contribution in [-0.4, -0.2) is 112 Å². The first-order valence-electron chi connectivity index (χ1n) is 21.8. The van der Waals surface area contributed by atoms with E-state index in [0.29, 0.717) is 84.9 Å². The first-order chi connectivity index (χ1) is 32.1. The summed E-state index contributed by atoms with van der Waals surface area (Å²) in [5, 5.41) is 27.5. The number of benzene rings is 4. The summed E-state index contributed by atoms with van der Waals surface area (Å²) in [5.41, 5.74) is 6.67. The van der Waals surface area contributed by atoms with Gasteiger partial charge in [0.05, 0.1) is 63.1 Å². The van der Waals surface area contributed by atoms with Crippen molar-refractivity contribution in [2.75, 3.05) is 59.4 Å². The van der Waals surface area contributed by atoms with Crippen molar-refractivity contribution in [3.8, 4) is 22.9 Å². The Balaban J connectivity index is 0.810. The average molecular weight is 931 g/mol. The van der Waals surface area contributed by atoms with E-state index in [1.165, 1.54) is 0 Å². The van der Waals surface area contributed by atoms with Gasteiger partial charge in [-0.15, -0.1) is 32.2 Å². The molecule has 0 aliphatic carbocycles. The lowest BCUT2D eigenvalue weighted by Crippen LogP contribution is -2.33. The van der Waals surface area contributed by atoms with Crippen LogP contribution < -0.4 is 25.4 Å². The van der Waals surface area contributed by atoms with E-state index in [1.807, 2.05) is 90.6 Å². The Bertz CT molecular complexity index is 2750. The SMILES string of the molecule is CCNC(=O)CC1N=C(c2ccc(SCCOCCNCCNC(=O)CC3N=C(c4ccc(Cl)cc4)c4cc(OC)ccc4-n4c(C)nnc43)cc2)c2cc(OC)ccc2-n2c(C)nnc21. The number of nitrogens with one attached hydrogen (secondary N) is 3. The van der Waals surface area contributed by atoms with Crippen molar-refractivity contribution in [1.82, 2.24) is 45.5 Å². The molecule has 6 aromatic rings. The quantitative estimate of drug-likeness (QED) is 0.0608. The van der Waals surface area contributed by atoms with Gasteiger partial charge >= 0.3 is 0 Å². The van der Waals surface area contributed by atoms with Gasteiger partial charge in [0.15, 0.2) is 11.6 Å². The second-order valence-electron chi connectivity index (χ2n) is 15.6. The third kappa shape index (κ3) is 10.3. The lowest BCUT2D eigenvalue weighted by atomic mass is 10.00. The molecule has 4 heterocycles. The number of carbonyl (C=O) groups is 2. The van der Waals surface area contributed by atoms with Crippen LogP contribution in [0.5, 0.6) is 11.5 Å². The second-order valence-corrected chi connectivity index (χ2v) is 17.2. The smallest absolute Gasteiger partial charge is 0.222 e. The highest BCUT2D eigenvalue weighted by Gasteiger charge is 2.32. The van der Waals surface area contributed by atoms with Gasteiger partial charge in [-0.2, -0.15) is 0 Å². The number of carbonyl (C=O) groups excluding carboxylic acids is 2. The first-order valence-corrected chi connectivity index (χ1v) is 23.2. The molecule has 3 N–H and O–H groups in total. The van der Waals surface area contributed by atoms with Crippen LogP contribution in [0.3, 0.4) is 0 Å². The van der Waals surface area contributed by atoms with Gasteiger partial charge in [-0.25, -0.2) is 0 Å². The van der Waals surface area contributed by atoms with Crippen molar-refractivity contribution >= 4 is 46.6 Å². The minimum atomic E-state index is -0.585. The van der Waals surface area contributed by atoms with Crippen LogP contribution in [0.25, 0.3) is 11.4 Å². The number of hydrogen-bond acceptors (Lipinski definition) is 13. The molecule has 18 heteroatoms. The predicted octanol–water partition coefficient (Wildman–Crippen LogP) is 6.35. The summed E-state index contributed by atoms with van der Waals surface area (Å²) in [4.78, 5) is 37.6. The number of amides is 2. The Morgan fingerprint density at radius 3 is 1.73 bits per heavy atom. The molecule has 2 unspecified atom stereocenters. The molecule has 2 aromatic heterocycles. The van der Waals surface area contributed by atoms with Crippen molar-refractivity contribution in [1.29, 1.82) is 0 Å². The molecular weight excluding hydrogens is 878 g/mol. The molecular formula is C48H52ClN11O5S. The highest BCUT2D eigenvalue weighted by Crippen LogP contribution is 2.36. The highest BCUT2D eigenvalue weighted by molar-refractivity contribution is 7.99. The summed E-state index contributed by atoms with van der Waals surface area (Å²) < 4.78 is 21.0. The van der Waals surface area contributed by atoms with Gasteiger partial charge in [0.25, 0.3) is 0 Å². The number of methoxy groups -OCH3 is 2. The Morgan fingerprint density at radius 1 is 0.667 bits per heavy atom. The molecule has 2 atom stereocenters. The fourth-order valence-corrected chi connectivity index (χ4v) is 8.92. The lowest BCUT2D eigenvalue weighted by molar-refractivity contribution is -0.122. The molecule has 0 saturated heterocycles. The maximum atomic E-state index is 13.4. The van der Waals surface area contributed by atoms with Crippen LogP contribution in [0.15, 0.2) is 99.8 Å². The van der Waals surface area contributed by atoms with E-state index in [1.54, 1.807) is 26.0 Å². The van der Waals surface area contributed by atoms with Gasteiger partial charge in [-0.3, -0.25) is 28.7 Å². The van der Waals surface area contributed by atoms with E-state index in [2.05, 4.69) is 60.6 Å². The van der Waals surface area contributed by atoms with Crippen LogP contribution in [0, 0.1) is 13.8 Å². The molecule has 2 aliphatic heterocycles. The van der Waals surface area contributed by atoms with Crippen LogP contribution >= 0.6 is 23.4 Å². The summed E-state index contributed by atoms with van der Waals surface area (Å²) >= 11 is 7.95. The number of hydrogen-bond donors (Lipinski definition) is 3. The molecule has 0 spiro atoms. The maximum absolute atomic E-state index is 13.4. The maximum Gasteiger partial charge on any atom is 0.222 e. The van der Waals surface area contributed by atoms with Crippen LogP contribution in [0.2, 0.25) is 5.02 Å². The molecule has 2 amide bonds. The number of aliphatic imine (C=N–C) groups is 2. The fourth-order valence-electron chi connectivity index (χ4n) is 8.03. The predicted molar refractivity (Wildman–Crippen MR) is 255 cm³/mol. The van der Waals surface area contributed by atoms with Gasteiger partial charge in [0.1, 0.15) is 35.2 Å². The van der Waals surface area contributed by atoms with Gasteiger partial charge in [0, 0.05) is 64.1 Å². The Labute approximate surface area is 392 Å². The van der Waals surface area contributed by atoms with E-state index in [9.17, 15) is 9.59 Å². The van der Waals surface area contributed by atoms with Crippen molar-refractivity contribution < 1.29 is 23.8 Å². The molecule has 342 valence electrons. The standard InChI is InChI=1S/C48H52ClN11O5S/c1-6-51-43(61)27-39-47-57-55-29(2)59(47)42-18-14-35(64-5)26-38(42)46(53-39)32-9-15-36(16-10-32)66-24-23-65-22-21-50-19-20-52-44(62)28-40-48-58-56-30(3)60(48)41-17-13-34(63-4)25-37(41)45(54-40)31-7-11-33(49)12-8-31/h7-18,25-26,39-40,50H,6,19-24,27-28H2,1-5H3,(H,51,61)(H,52,62). The number of fused-ring (bicyclic) bond motifs is 6. The molecule has 8 rings (SSSR count). The second kappa shape index (κ2) is 21.3. The van der Waals surface area contributed by atoms with Crippen molar-refractivity contribution in [2.24, 2.45) is 9.98 Å². The molecule has 0 saturated carbocycles. The van der Waals surface area contributed by atoms with Gasteiger partial charge < -0.3 is 30.2 Å². The van der Waals surface area contributed by atoms with Crippen LogP contribution in [0.4, 0.5) is 0 Å². The van der Waals surface area contributed by atoms with Crippen LogP contribution in [0.1, 0.15) is 77.4 Å². The third-order valence-corrected chi connectivity index (χ3v) is 12.4. The number of thioether (sulfide) groups is 1. The summed E-state index contributed by atoms with van der Waals surface area (Å²) in [5.74, 6) is 4.51. The number of nitrogens with zero attached hydrogens (tertiary/aromatic N) is 8. The molecule has 2 aliphatic rings. The minimum Gasteiger partial charge on any atom is -0.497 e. The number of aromatic nitrogens is 6. The normalized spacial score (nSPS) is 14.9. The highest BCUT2D eigenvalue weighted by atomic mass is 35.5.